The van der Waals surface area contributed by atoms with Gasteiger partial charge in [0.2, 0.25) is 0 Å². The number of nitrogens with two attached hydrogens (primary N) is 1. The fourth-order valence-corrected chi connectivity index (χ4v) is 4.82. The summed E-state index contributed by atoms with van der Waals surface area (Å²) in [6.07, 6.45) is 2.19. The first-order valence-electron chi connectivity index (χ1n) is 7.45. The van der Waals surface area contributed by atoms with Crippen LogP contribution >= 0.6 is 0 Å². The summed E-state index contributed by atoms with van der Waals surface area (Å²) in [5.74, 6) is 0.650. The van der Waals surface area contributed by atoms with E-state index in [2.05, 4.69) is 23.7 Å². The Hall–Kier alpha value is -1.82. The summed E-state index contributed by atoms with van der Waals surface area (Å²) in [6, 6.07) is 3.46. The molecular weight excluding hydrogens is 298 g/mol. The van der Waals surface area contributed by atoms with Crippen molar-refractivity contribution in [1.29, 1.82) is 0 Å². The Labute approximate surface area is 131 Å². The summed E-state index contributed by atoms with van der Waals surface area (Å²) in [6.45, 7) is 5.13. The molecule has 3 rings (SSSR count). The molecule has 1 aromatic carbocycles. The zero-order chi connectivity index (χ0) is 16.1. The van der Waals surface area contributed by atoms with Gasteiger partial charge in [-0.1, -0.05) is 13.8 Å². The van der Waals surface area contributed by atoms with Gasteiger partial charge in [-0.25, -0.2) is 8.42 Å². The third-order valence-electron chi connectivity index (χ3n) is 4.08. The topological polar surface area (TPSA) is 76.3 Å². The average molecular weight is 319 g/mol. The van der Waals surface area contributed by atoms with Crippen LogP contribution in [0.2, 0.25) is 0 Å². The molecule has 1 aliphatic heterocycles. The van der Waals surface area contributed by atoms with E-state index in [4.69, 9.17) is 5.73 Å². The van der Waals surface area contributed by atoms with Gasteiger partial charge in [0.05, 0.1) is 33.7 Å². The van der Waals surface area contributed by atoms with Gasteiger partial charge in [0.15, 0.2) is 9.84 Å². The molecule has 0 atom stereocenters. The Morgan fingerprint density at radius 3 is 2.77 bits per heavy atom. The van der Waals surface area contributed by atoms with Gasteiger partial charge in [0.25, 0.3) is 0 Å². The predicted octanol–water partition coefficient (Wildman–Crippen LogP) is 2.24. The molecule has 0 saturated heterocycles. The van der Waals surface area contributed by atoms with Crippen LogP contribution in [-0.2, 0) is 16.3 Å². The lowest BCUT2D eigenvalue weighted by atomic mass is 10.0. The quantitative estimate of drug-likeness (QED) is 0.939. The van der Waals surface area contributed by atoms with Crippen molar-refractivity contribution in [3.63, 3.8) is 0 Å². The van der Waals surface area contributed by atoms with Gasteiger partial charge in [-0.15, -0.1) is 0 Å². The van der Waals surface area contributed by atoms with Gasteiger partial charge < -0.3 is 10.6 Å². The lowest BCUT2D eigenvalue weighted by molar-refractivity contribution is 0.600. The number of benzene rings is 1. The molecule has 2 aromatic rings. The zero-order valence-electron chi connectivity index (χ0n) is 13.1. The molecular formula is C16H21N3O2S. The molecule has 0 aliphatic carbocycles. The zero-order valence-corrected chi connectivity index (χ0v) is 13.9. The van der Waals surface area contributed by atoms with Crippen LogP contribution in [-0.4, -0.2) is 32.7 Å². The first kappa shape index (κ1) is 15.1. The van der Waals surface area contributed by atoms with Crippen molar-refractivity contribution in [1.82, 2.24) is 4.98 Å². The number of rotatable bonds is 3. The van der Waals surface area contributed by atoms with Crippen LogP contribution in [0.15, 0.2) is 23.2 Å². The second-order valence-electron chi connectivity index (χ2n) is 6.34. The summed E-state index contributed by atoms with van der Waals surface area (Å²) in [4.78, 5) is 6.92. The van der Waals surface area contributed by atoms with E-state index in [1.165, 1.54) is 0 Å². The predicted molar refractivity (Wildman–Crippen MR) is 90.0 cm³/mol. The second-order valence-corrected chi connectivity index (χ2v) is 8.42. The van der Waals surface area contributed by atoms with Crippen LogP contribution in [0.1, 0.15) is 19.4 Å². The van der Waals surface area contributed by atoms with E-state index in [9.17, 15) is 8.42 Å². The number of anilines is 2. The van der Waals surface area contributed by atoms with Crippen LogP contribution in [0, 0.1) is 5.92 Å². The average Bonchev–Trinajstić information content (AvgIpc) is 2.73. The molecule has 6 heteroatoms. The molecule has 1 aromatic heterocycles. The summed E-state index contributed by atoms with van der Waals surface area (Å²) in [5, 5.41) is 0.890. The highest BCUT2D eigenvalue weighted by atomic mass is 32.2. The highest BCUT2D eigenvalue weighted by Gasteiger charge is 2.29. The highest BCUT2D eigenvalue weighted by Crippen LogP contribution is 2.39. The molecule has 22 heavy (non-hydrogen) atoms. The molecule has 2 heterocycles. The Balaban J connectivity index is 2.32. The molecule has 2 N–H and O–H groups in total. The van der Waals surface area contributed by atoms with Gasteiger partial charge in [-0.05, 0) is 30.0 Å². The first-order valence-corrected chi connectivity index (χ1v) is 9.10. The molecule has 118 valence electrons. The Bertz CT molecular complexity index is 844. The van der Waals surface area contributed by atoms with E-state index in [1.54, 1.807) is 18.3 Å². The van der Waals surface area contributed by atoms with E-state index in [-0.39, 0.29) is 5.75 Å². The second kappa shape index (κ2) is 5.12. The molecule has 0 spiro atoms. The highest BCUT2D eigenvalue weighted by molar-refractivity contribution is 7.91. The maximum absolute atomic E-state index is 12.2. The fraction of sp³-hybridized carbons (Fsp3) is 0.438. The number of aromatic nitrogens is 1. The molecule has 0 amide bonds. The molecule has 0 unspecified atom stereocenters. The minimum absolute atomic E-state index is 0.170. The van der Waals surface area contributed by atoms with E-state index >= 15 is 0 Å². The summed E-state index contributed by atoms with van der Waals surface area (Å²) < 4.78 is 24.4. The number of nitrogens with zero attached hydrogens (tertiary/aromatic N) is 2. The Kier molecular flexibility index (Phi) is 3.51. The van der Waals surface area contributed by atoms with Gasteiger partial charge in [-0.3, -0.25) is 4.98 Å². The van der Waals surface area contributed by atoms with Crippen molar-refractivity contribution in [2.45, 2.75) is 25.2 Å². The fourth-order valence-electron chi connectivity index (χ4n) is 3.27. The molecule has 0 fully saturated rings. The number of aryl methyl sites for hydroxylation is 1. The van der Waals surface area contributed by atoms with Crippen molar-refractivity contribution < 1.29 is 8.42 Å². The Morgan fingerprint density at radius 1 is 1.36 bits per heavy atom. The largest absolute Gasteiger partial charge is 0.396 e. The number of hydrogen-bond donors (Lipinski definition) is 1. The number of hydrogen-bond acceptors (Lipinski definition) is 5. The van der Waals surface area contributed by atoms with Crippen molar-refractivity contribution in [2.75, 3.05) is 30.0 Å². The molecule has 0 bridgehead atoms. The smallest absolute Gasteiger partial charge is 0.179 e. The third kappa shape index (κ3) is 2.31. The van der Waals surface area contributed by atoms with Crippen LogP contribution < -0.4 is 10.6 Å². The van der Waals surface area contributed by atoms with Gasteiger partial charge >= 0.3 is 0 Å². The van der Waals surface area contributed by atoms with Crippen molar-refractivity contribution in [2.24, 2.45) is 5.92 Å². The van der Waals surface area contributed by atoms with Crippen molar-refractivity contribution >= 4 is 32.1 Å². The van der Waals surface area contributed by atoms with E-state index in [0.717, 1.165) is 28.7 Å². The standard InChI is InChI=1S/C16H21N3O2S/c1-10(2)9-19(3)16-12(17)8-18-13-4-5-14-11(15(13)16)6-7-22(14,20)21/h4-5,8,10H,6-7,9,17H2,1-3H3. The maximum Gasteiger partial charge on any atom is 0.179 e. The molecule has 1 aliphatic rings. The SMILES string of the molecule is CC(C)CN(C)c1c(N)cnc2ccc3c(c12)CCS3(=O)=O. The van der Waals surface area contributed by atoms with Crippen LogP contribution in [0.3, 0.4) is 0 Å². The number of sulfone groups is 1. The van der Waals surface area contributed by atoms with Gasteiger partial charge in [-0.2, -0.15) is 0 Å². The van der Waals surface area contributed by atoms with Crippen LogP contribution in [0.4, 0.5) is 11.4 Å². The number of pyridine rings is 1. The number of fused-ring (bicyclic) bond motifs is 3. The van der Waals surface area contributed by atoms with Gasteiger partial charge in [0.1, 0.15) is 0 Å². The van der Waals surface area contributed by atoms with Crippen LogP contribution in [0.25, 0.3) is 10.9 Å². The van der Waals surface area contributed by atoms with Crippen LogP contribution in [0.5, 0.6) is 0 Å². The Morgan fingerprint density at radius 2 is 2.09 bits per heavy atom. The van der Waals surface area contributed by atoms with E-state index < -0.39 is 9.84 Å². The normalized spacial score (nSPS) is 16.2. The molecule has 0 radical (unpaired) electrons. The monoisotopic (exact) mass is 319 g/mol. The lowest BCUT2D eigenvalue weighted by Crippen LogP contribution is -2.24. The first-order chi connectivity index (χ1) is 10.3. The van der Waals surface area contributed by atoms with Crippen molar-refractivity contribution in [3.05, 3.63) is 23.9 Å². The maximum atomic E-state index is 12.2. The van der Waals surface area contributed by atoms with Crippen molar-refractivity contribution in [3.8, 4) is 0 Å². The molecule has 0 saturated carbocycles. The number of nitrogen functional groups attached to an aromatic ring is 1. The lowest BCUT2D eigenvalue weighted by Gasteiger charge is -2.25. The summed E-state index contributed by atoms with van der Waals surface area (Å²) >= 11 is 0. The third-order valence-corrected chi connectivity index (χ3v) is 5.87. The van der Waals surface area contributed by atoms with E-state index in [1.807, 2.05) is 7.05 Å². The minimum Gasteiger partial charge on any atom is -0.396 e. The van der Waals surface area contributed by atoms with E-state index in [0.29, 0.717) is 22.9 Å². The molecule has 5 nitrogen and oxygen atoms in total. The minimum atomic E-state index is -3.16. The summed E-state index contributed by atoms with van der Waals surface area (Å²) in [5.41, 5.74) is 9.32. The van der Waals surface area contributed by atoms with Gasteiger partial charge in [0, 0.05) is 19.0 Å². The summed E-state index contributed by atoms with van der Waals surface area (Å²) in [7, 11) is -1.17.